The minimum atomic E-state index is -1.54. The molecule has 100 valence electrons. The van der Waals surface area contributed by atoms with Crippen molar-refractivity contribution in [2.45, 2.75) is 22.9 Å². The predicted octanol–water partition coefficient (Wildman–Crippen LogP) is -0.215. The molecule has 1 aromatic rings. The number of nitrogens with two attached hydrogens (primary N) is 1. The fraction of sp³-hybridized carbons (Fsp3) is 0.600. The first-order chi connectivity index (χ1) is 8.54. The number of halogens is 1. The van der Waals surface area contributed by atoms with E-state index in [1.54, 1.807) is 0 Å². The molecule has 6 nitrogen and oxygen atoms in total. The molecule has 1 aliphatic heterocycles. The van der Waals surface area contributed by atoms with E-state index in [1.807, 2.05) is 0 Å². The second-order valence-electron chi connectivity index (χ2n) is 4.00. The van der Waals surface area contributed by atoms with E-state index in [4.69, 9.17) is 10.5 Å². The fourth-order valence-corrected chi connectivity index (χ4v) is 3.34. The number of nitrogen functional groups attached to an aromatic ring is 1. The molecule has 8 heteroatoms. The van der Waals surface area contributed by atoms with Gasteiger partial charge in [-0.1, -0.05) is 0 Å². The summed E-state index contributed by atoms with van der Waals surface area (Å²) in [7, 11) is 1.48. The largest absolute Gasteiger partial charge is 0.389 e. The second kappa shape index (κ2) is 5.25. The van der Waals surface area contributed by atoms with Gasteiger partial charge in [-0.2, -0.15) is 4.98 Å². The zero-order chi connectivity index (χ0) is 13.3. The molecule has 3 N–H and O–H groups in total. The molecule has 2 rings (SSSR count). The summed E-state index contributed by atoms with van der Waals surface area (Å²) in [5.74, 6) is 0.0867. The van der Waals surface area contributed by atoms with Crippen molar-refractivity contribution in [3.8, 4) is 0 Å². The van der Waals surface area contributed by atoms with E-state index in [2.05, 4.69) is 4.98 Å². The van der Waals surface area contributed by atoms with Crippen molar-refractivity contribution in [1.29, 1.82) is 0 Å². The van der Waals surface area contributed by atoms with Crippen LogP contribution in [-0.4, -0.2) is 45.9 Å². The highest BCUT2D eigenvalue weighted by Crippen LogP contribution is 2.42. The highest BCUT2D eigenvalue weighted by atomic mass is 32.2. The molecular formula is C10H14FN3O3S. The first-order valence-corrected chi connectivity index (χ1v) is 6.30. The summed E-state index contributed by atoms with van der Waals surface area (Å²) in [6.45, 7) is 0.222. The number of rotatable bonds is 3. The molecule has 0 radical (unpaired) electrons. The van der Waals surface area contributed by atoms with Gasteiger partial charge in [0.1, 0.15) is 17.3 Å². The third kappa shape index (κ3) is 2.36. The zero-order valence-corrected chi connectivity index (χ0v) is 10.5. The summed E-state index contributed by atoms with van der Waals surface area (Å²) in [5, 5.41) is 8.52. The second-order valence-corrected chi connectivity index (χ2v) is 5.36. The number of hydrogen-bond donors (Lipinski definition) is 2. The lowest BCUT2D eigenvalue weighted by Crippen LogP contribution is -2.33. The third-order valence-electron chi connectivity index (χ3n) is 2.75. The first kappa shape index (κ1) is 13.3. The van der Waals surface area contributed by atoms with Crippen molar-refractivity contribution in [2.75, 3.05) is 19.5 Å². The van der Waals surface area contributed by atoms with Gasteiger partial charge >= 0.3 is 5.69 Å². The molecule has 0 saturated carbocycles. The van der Waals surface area contributed by atoms with Gasteiger partial charge in [0.05, 0.1) is 11.9 Å². The quantitative estimate of drug-likeness (QED) is 0.793. The number of thioether (sulfide) groups is 1. The molecule has 0 bridgehead atoms. The SMILES string of the molecule is COC[C@H]1S[C@@H](n2ccc(N)nc2=O)[C@@H](F)[C@@H]1O. The van der Waals surface area contributed by atoms with Crippen molar-refractivity contribution < 1.29 is 14.2 Å². The standard InChI is InChI=1S/C10H14FN3O3S/c1-17-4-5-8(15)7(11)9(18-5)14-3-2-6(12)13-10(14)16/h2-3,5,7-9,15H,4H2,1H3,(H2,12,13,16)/t5-,7+,8-,9-/m1/s1. The molecule has 4 atom stereocenters. The summed E-state index contributed by atoms with van der Waals surface area (Å²) in [6, 6.07) is 1.42. The van der Waals surface area contributed by atoms with Crippen LogP contribution < -0.4 is 11.4 Å². The Hall–Kier alpha value is -1.12. The number of hydrogen-bond acceptors (Lipinski definition) is 6. The summed E-state index contributed by atoms with van der Waals surface area (Å²) in [6.07, 6.45) is -1.32. The molecule has 0 aliphatic carbocycles. The van der Waals surface area contributed by atoms with Crippen LogP contribution >= 0.6 is 11.8 Å². The van der Waals surface area contributed by atoms with Crippen molar-refractivity contribution in [1.82, 2.24) is 9.55 Å². The normalized spacial score (nSPS) is 31.7. The summed E-state index contributed by atoms with van der Waals surface area (Å²) >= 11 is 1.16. The Morgan fingerprint density at radius 2 is 2.44 bits per heavy atom. The number of alkyl halides is 1. The van der Waals surface area contributed by atoms with E-state index in [0.717, 1.165) is 16.3 Å². The minimum absolute atomic E-state index is 0.0867. The zero-order valence-electron chi connectivity index (χ0n) is 9.69. The highest BCUT2D eigenvalue weighted by Gasteiger charge is 2.45. The maximum absolute atomic E-state index is 14.0. The van der Waals surface area contributed by atoms with Gasteiger partial charge in [-0.25, -0.2) is 9.18 Å². The molecule has 2 heterocycles. The van der Waals surface area contributed by atoms with Crippen LogP contribution in [0.15, 0.2) is 17.1 Å². The maximum atomic E-state index is 14.0. The Kier molecular flexibility index (Phi) is 3.88. The van der Waals surface area contributed by atoms with Crippen LogP contribution in [0.5, 0.6) is 0 Å². The van der Waals surface area contributed by atoms with Crippen LogP contribution in [0.2, 0.25) is 0 Å². The van der Waals surface area contributed by atoms with Crippen LogP contribution in [0, 0.1) is 0 Å². The summed E-state index contributed by atoms with van der Waals surface area (Å²) in [4.78, 5) is 15.2. The number of aliphatic hydroxyl groups excluding tert-OH is 1. The van der Waals surface area contributed by atoms with E-state index < -0.39 is 28.6 Å². The summed E-state index contributed by atoms with van der Waals surface area (Å²) < 4.78 is 20.0. The molecule has 1 fully saturated rings. The van der Waals surface area contributed by atoms with Crippen molar-refractivity contribution in [3.05, 3.63) is 22.7 Å². The molecule has 1 aliphatic rings. The maximum Gasteiger partial charge on any atom is 0.350 e. The Morgan fingerprint density at radius 3 is 3.06 bits per heavy atom. The van der Waals surface area contributed by atoms with Gasteiger partial charge in [0.25, 0.3) is 0 Å². The monoisotopic (exact) mass is 275 g/mol. The van der Waals surface area contributed by atoms with Gasteiger partial charge in [0.2, 0.25) is 0 Å². The topological polar surface area (TPSA) is 90.4 Å². The van der Waals surface area contributed by atoms with E-state index in [1.165, 1.54) is 19.4 Å². The molecule has 0 unspecified atom stereocenters. The van der Waals surface area contributed by atoms with Gasteiger partial charge < -0.3 is 15.6 Å². The average Bonchev–Trinajstić information content (AvgIpc) is 2.58. The van der Waals surface area contributed by atoms with Gasteiger partial charge in [-0.05, 0) is 6.07 Å². The Labute approximate surface area is 107 Å². The molecule has 0 amide bonds. The van der Waals surface area contributed by atoms with Gasteiger partial charge in [-0.3, -0.25) is 4.57 Å². The highest BCUT2D eigenvalue weighted by molar-refractivity contribution is 8.00. The lowest BCUT2D eigenvalue weighted by molar-refractivity contribution is 0.0555. The lowest BCUT2D eigenvalue weighted by Gasteiger charge is -2.15. The molecular weight excluding hydrogens is 261 g/mol. The van der Waals surface area contributed by atoms with Crippen molar-refractivity contribution >= 4 is 17.6 Å². The Balaban J connectivity index is 2.26. The average molecular weight is 275 g/mol. The van der Waals surface area contributed by atoms with Gasteiger partial charge in [-0.15, -0.1) is 11.8 Å². The van der Waals surface area contributed by atoms with Crippen molar-refractivity contribution in [3.63, 3.8) is 0 Å². The van der Waals surface area contributed by atoms with E-state index in [0.29, 0.717) is 0 Å². The number of aliphatic hydroxyl groups is 1. The van der Waals surface area contributed by atoms with Crippen LogP contribution in [0.1, 0.15) is 5.37 Å². The first-order valence-electron chi connectivity index (χ1n) is 5.36. The number of aromatic nitrogens is 2. The van der Waals surface area contributed by atoms with Crippen LogP contribution in [0.25, 0.3) is 0 Å². The third-order valence-corrected chi connectivity index (χ3v) is 4.28. The Bertz CT molecular complexity index is 484. The lowest BCUT2D eigenvalue weighted by atomic mass is 10.1. The fourth-order valence-electron chi connectivity index (χ4n) is 1.85. The Morgan fingerprint density at radius 1 is 1.72 bits per heavy atom. The van der Waals surface area contributed by atoms with Crippen LogP contribution in [0.4, 0.5) is 10.2 Å². The summed E-state index contributed by atoms with van der Waals surface area (Å²) in [5.41, 5.74) is 4.74. The predicted molar refractivity (Wildman–Crippen MR) is 66.1 cm³/mol. The number of nitrogens with zero attached hydrogens (tertiary/aromatic N) is 2. The molecule has 1 saturated heterocycles. The van der Waals surface area contributed by atoms with E-state index in [9.17, 15) is 14.3 Å². The number of methoxy groups -OCH3 is 1. The number of anilines is 1. The minimum Gasteiger partial charge on any atom is -0.389 e. The molecule has 18 heavy (non-hydrogen) atoms. The number of ether oxygens (including phenoxy) is 1. The van der Waals surface area contributed by atoms with Gasteiger partial charge in [0, 0.05) is 13.3 Å². The smallest absolute Gasteiger partial charge is 0.350 e. The van der Waals surface area contributed by atoms with Crippen molar-refractivity contribution in [2.24, 2.45) is 0 Å². The van der Waals surface area contributed by atoms with E-state index >= 15 is 0 Å². The molecule has 0 spiro atoms. The van der Waals surface area contributed by atoms with Crippen LogP contribution in [-0.2, 0) is 4.74 Å². The van der Waals surface area contributed by atoms with E-state index in [-0.39, 0.29) is 12.4 Å². The van der Waals surface area contributed by atoms with Gasteiger partial charge in [0.15, 0.2) is 6.17 Å². The van der Waals surface area contributed by atoms with Crippen LogP contribution in [0.3, 0.4) is 0 Å². The molecule has 0 aromatic carbocycles. The molecule has 1 aromatic heterocycles.